The molecule has 0 unspecified atom stereocenters. The quantitative estimate of drug-likeness (QED) is 0.855. The van der Waals surface area contributed by atoms with E-state index in [4.69, 9.17) is 27.9 Å². The summed E-state index contributed by atoms with van der Waals surface area (Å²) in [5, 5.41) is 4.03. The minimum atomic E-state index is -0.444. The summed E-state index contributed by atoms with van der Waals surface area (Å²) in [5.74, 6) is 0.0157. The normalized spacial score (nSPS) is 10.2. The molecule has 104 valence electrons. The lowest BCUT2D eigenvalue weighted by molar-refractivity contribution is 0.0526. The molecule has 0 aliphatic carbocycles. The second-order valence-electron chi connectivity index (χ2n) is 3.91. The molecule has 1 aromatic carbocycles. The lowest BCUT2D eigenvalue weighted by atomic mass is 10.2. The maximum Gasteiger partial charge on any atom is 0.339 e. The van der Waals surface area contributed by atoms with Gasteiger partial charge in [0.15, 0.2) is 0 Å². The number of nitrogens with zero attached hydrogens (tertiary/aromatic N) is 1. The fourth-order valence-corrected chi connectivity index (χ4v) is 1.87. The van der Waals surface area contributed by atoms with Gasteiger partial charge in [-0.25, -0.2) is 9.78 Å². The molecule has 2 aromatic rings. The van der Waals surface area contributed by atoms with Crippen LogP contribution in [0.3, 0.4) is 0 Å². The molecule has 0 fully saturated rings. The monoisotopic (exact) mass is 310 g/mol. The Bertz CT molecular complexity index is 615. The fourth-order valence-electron chi connectivity index (χ4n) is 1.53. The topological polar surface area (TPSA) is 51.2 Å². The number of hydrogen-bond donors (Lipinski definition) is 1. The third kappa shape index (κ3) is 3.62. The standard InChI is InChI=1S/C14H12Cl2N2O2/c1-2-20-14(19)9-7-12(16)13(17-8-9)18-11-5-3-10(15)4-6-11/h3-8H,2H2,1H3,(H,17,18). The molecule has 0 saturated carbocycles. The van der Waals surface area contributed by atoms with E-state index in [-0.39, 0.29) is 0 Å². The zero-order valence-electron chi connectivity index (χ0n) is 10.7. The van der Waals surface area contributed by atoms with Crippen LogP contribution in [0, 0.1) is 0 Å². The lowest BCUT2D eigenvalue weighted by Gasteiger charge is -2.08. The molecule has 20 heavy (non-hydrogen) atoms. The number of carbonyl (C=O) groups is 1. The predicted molar refractivity (Wildman–Crippen MR) is 79.9 cm³/mol. The van der Waals surface area contributed by atoms with Crippen molar-refractivity contribution >= 4 is 40.7 Å². The van der Waals surface area contributed by atoms with Gasteiger partial charge in [-0.1, -0.05) is 23.2 Å². The molecule has 0 amide bonds. The number of benzene rings is 1. The van der Waals surface area contributed by atoms with Gasteiger partial charge >= 0.3 is 5.97 Å². The van der Waals surface area contributed by atoms with Gasteiger partial charge in [0.25, 0.3) is 0 Å². The van der Waals surface area contributed by atoms with Crippen LogP contribution in [0.5, 0.6) is 0 Å². The number of ether oxygens (including phenoxy) is 1. The molecule has 4 nitrogen and oxygen atoms in total. The molecule has 0 aliphatic heterocycles. The van der Waals surface area contributed by atoms with E-state index in [1.165, 1.54) is 12.3 Å². The Kier molecular flexibility index (Phi) is 4.82. The van der Waals surface area contributed by atoms with Crippen LogP contribution in [0.2, 0.25) is 10.0 Å². The Morgan fingerprint density at radius 1 is 1.30 bits per heavy atom. The number of halogens is 2. The predicted octanol–water partition coefficient (Wildman–Crippen LogP) is 4.31. The minimum Gasteiger partial charge on any atom is -0.462 e. The molecule has 0 atom stereocenters. The number of pyridine rings is 1. The summed E-state index contributed by atoms with van der Waals surface area (Å²) in [6.07, 6.45) is 1.42. The molecule has 2 rings (SSSR count). The summed E-state index contributed by atoms with van der Waals surface area (Å²) in [4.78, 5) is 15.7. The van der Waals surface area contributed by atoms with Crippen molar-refractivity contribution in [1.82, 2.24) is 4.98 Å². The van der Waals surface area contributed by atoms with E-state index < -0.39 is 5.97 Å². The molecule has 0 spiro atoms. The van der Waals surface area contributed by atoms with Crippen molar-refractivity contribution in [3.8, 4) is 0 Å². The first-order chi connectivity index (χ1) is 9.60. The summed E-state index contributed by atoms with van der Waals surface area (Å²) in [6, 6.07) is 8.64. The molecular formula is C14H12Cl2N2O2. The van der Waals surface area contributed by atoms with E-state index in [1.54, 1.807) is 31.2 Å². The second kappa shape index (κ2) is 6.59. The van der Waals surface area contributed by atoms with Crippen molar-refractivity contribution in [2.75, 3.05) is 11.9 Å². The highest BCUT2D eigenvalue weighted by molar-refractivity contribution is 6.33. The van der Waals surface area contributed by atoms with E-state index in [9.17, 15) is 4.79 Å². The molecule has 1 heterocycles. The lowest BCUT2D eigenvalue weighted by Crippen LogP contribution is -2.06. The first kappa shape index (κ1) is 14.6. The zero-order chi connectivity index (χ0) is 14.5. The summed E-state index contributed by atoms with van der Waals surface area (Å²) in [5.41, 5.74) is 1.12. The van der Waals surface area contributed by atoms with Crippen LogP contribution in [0.15, 0.2) is 36.5 Å². The first-order valence-corrected chi connectivity index (χ1v) is 6.71. The zero-order valence-corrected chi connectivity index (χ0v) is 12.2. The van der Waals surface area contributed by atoms with Gasteiger partial charge in [0.05, 0.1) is 17.2 Å². The van der Waals surface area contributed by atoms with Crippen LogP contribution < -0.4 is 5.32 Å². The Morgan fingerprint density at radius 3 is 2.60 bits per heavy atom. The Hall–Kier alpha value is -1.78. The van der Waals surface area contributed by atoms with Gasteiger partial charge in [-0.3, -0.25) is 0 Å². The number of esters is 1. The Labute approximate surface area is 126 Å². The van der Waals surface area contributed by atoms with E-state index >= 15 is 0 Å². The van der Waals surface area contributed by atoms with Gasteiger partial charge in [0.2, 0.25) is 0 Å². The van der Waals surface area contributed by atoms with Gasteiger partial charge in [0, 0.05) is 16.9 Å². The van der Waals surface area contributed by atoms with E-state index in [1.807, 2.05) is 0 Å². The maximum atomic E-state index is 11.5. The summed E-state index contributed by atoms with van der Waals surface area (Å²) in [6.45, 7) is 2.05. The first-order valence-electron chi connectivity index (χ1n) is 5.95. The number of nitrogens with one attached hydrogen (secondary N) is 1. The molecule has 1 aromatic heterocycles. The van der Waals surface area contributed by atoms with Crippen molar-refractivity contribution < 1.29 is 9.53 Å². The van der Waals surface area contributed by atoms with Crippen LogP contribution >= 0.6 is 23.2 Å². The average Bonchev–Trinajstić information content (AvgIpc) is 2.43. The molecule has 6 heteroatoms. The Balaban J connectivity index is 2.17. The smallest absolute Gasteiger partial charge is 0.339 e. The van der Waals surface area contributed by atoms with E-state index in [0.29, 0.717) is 28.0 Å². The number of anilines is 2. The third-order valence-corrected chi connectivity index (χ3v) is 3.00. The molecule has 0 saturated heterocycles. The molecule has 0 radical (unpaired) electrons. The van der Waals surface area contributed by atoms with Crippen molar-refractivity contribution in [1.29, 1.82) is 0 Å². The fraction of sp³-hybridized carbons (Fsp3) is 0.143. The summed E-state index contributed by atoms with van der Waals surface area (Å²) >= 11 is 11.9. The summed E-state index contributed by atoms with van der Waals surface area (Å²) in [7, 11) is 0. The third-order valence-electron chi connectivity index (χ3n) is 2.46. The number of carbonyl (C=O) groups excluding carboxylic acids is 1. The van der Waals surface area contributed by atoms with Crippen molar-refractivity contribution in [3.63, 3.8) is 0 Å². The molecule has 0 bridgehead atoms. The highest BCUT2D eigenvalue weighted by atomic mass is 35.5. The van der Waals surface area contributed by atoms with Crippen molar-refractivity contribution in [2.45, 2.75) is 6.92 Å². The highest BCUT2D eigenvalue weighted by Crippen LogP contribution is 2.25. The van der Waals surface area contributed by atoms with Crippen LogP contribution in [0.1, 0.15) is 17.3 Å². The number of hydrogen-bond acceptors (Lipinski definition) is 4. The summed E-state index contributed by atoms with van der Waals surface area (Å²) < 4.78 is 4.88. The second-order valence-corrected chi connectivity index (χ2v) is 4.75. The van der Waals surface area contributed by atoms with Gasteiger partial charge in [-0.2, -0.15) is 0 Å². The largest absolute Gasteiger partial charge is 0.462 e. The van der Waals surface area contributed by atoms with Crippen molar-refractivity contribution in [3.05, 3.63) is 52.1 Å². The van der Waals surface area contributed by atoms with Crippen molar-refractivity contribution in [2.24, 2.45) is 0 Å². The van der Waals surface area contributed by atoms with Gasteiger partial charge in [-0.15, -0.1) is 0 Å². The van der Waals surface area contributed by atoms with Crippen LogP contribution in [0.25, 0.3) is 0 Å². The van der Waals surface area contributed by atoms with Crippen LogP contribution in [-0.2, 0) is 4.74 Å². The molecule has 0 aliphatic rings. The molecule has 1 N–H and O–H groups in total. The number of rotatable bonds is 4. The SMILES string of the molecule is CCOC(=O)c1cnc(Nc2ccc(Cl)cc2)c(Cl)c1. The van der Waals surface area contributed by atoms with Gasteiger partial charge in [0.1, 0.15) is 5.82 Å². The Morgan fingerprint density at radius 2 is 2.00 bits per heavy atom. The van der Waals surface area contributed by atoms with Crippen LogP contribution in [0.4, 0.5) is 11.5 Å². The van der Waals surface area contributed by atoms with E-state index in [2.05, 4.69) is 10.3 Å². The molecular weight excluding hydrogens is 299 g/mol. The van der Waals surface area contributed by atoms with Gasteiger partial charge in [-0.05, 0) is 37.3 Å². The number of aromatic nitrogens is 1. The van der Waals surface area contributed by atoms with Gasteiger partial charge < -0.3 is 10.1 Å². The minimum absolute atomic E-state index is 0.307. The highest BCUT2D eigenvalue weighted by Gasteiger charge is 2.10. The maximum absolute atomic E-state index is 11.5. The average molecular weight is 311 g/mol. The van der Waals surface area contributed by atoms with E-state index in [0.717, 1.165) is 5.69 Å². The van der Waals surface area contributed by atoms with Crippen LogP contribution in [-0.4, -0.2) is 17.6 Å².